The molecule has 0 spiro atoms. The van der Waals surface area contributed by atoms with Crippen molar-refractivity contribution >= 4 is 79.2 Å². The van der Waals surface area contributed by atoms with Crippen LogP contribution in [-0.4, -0.2) is 18.7 Å². The van der Waals surface area contributed by atoms with Gasteiger partial charge in [-0.2, -0.15) is 9.98 Å². The molecule has 0 amide bonds. The fourth-order valence-corrected chi connectivity index (χ4v) is 5.70. The van der Waals surface area contributed by atoms with Crippen LogP contribution >= 0.6 is 47.6 Å². The first-order valence-corrected chi connectivity index (χ1v) is 13.1. The molecule has 4 rings (SSSR count). The van der Waals surface area contributed by atoms with Crippen LogP contribution in [0.2, 0.25) is 10.0 Å². The van der Waals surface area contributed by atoms with Gasteiger partial charge < -0.3 is 0 Å². The molecule has 0 aliphatic rings. The van der Waals surface area contributed by atoms with Crippen LogP contribution in [0.5, 0.6) is 0 Å². The zero-order chi connectivity index (χ0) is 25.0. The first-order valence-electron chi connectivity index (χ1n) is 10.0. The van der Waals surface area contributed by atoms with Gasteiger partial charge in [-0.1, -0.05) is 47.5 Å². The SMILES string of the molecule is O=S(=O)(c1ccc(N=C=S)cc1-c1ccc(Cl)cc1)c1ccc(N=C=S)cc1-c1ccc(Cl)cc1. The van der Waals surface area contributed by atoms with Crippen LogP contribution in [0.15, 0.2) is 105 Å². The Kier molecular flexibility index (Phi) is 7.70. The maximum absolute atomic E-state index is 14.1. The molecule has 0 aliphatic heterocycles. The minimum Gasteiger partial charge on any atom is -0.218 e. The Labute approximate surface area is 223 Å². The molecule has 0 aromatic heterocycles. The van der Waals surface area contributed by atoms with Crippen molar-refractivity contribution in [1.29, 1.82) is 0 Å². The molecule has 0 saturated carbocycles. The third kappa shape index (κ3) is 5.48. The second kappa shape index (κ2) is 10.7. The second-order valence-corrected chi connectivity index (χ2v) is 10.4. The van der Waals surface area contributed by atoms with Gasteiger partial charge in [0.25, 0.3) is 0 Å². The average molecular weight is 554 g/mol. The number of nitrogens with zero attached hydrogens (tertiary/aromatic N) is 2. The predicted molar refractivity (Wildman–Crippen MR) is 149 cm³/mol. The first kappa shape index (κ1) is 25.1. The summed E-state index contributed by atoms with van der Waals surface area (Å²) in [6.45, 7) is 0. The maximum Gasteiger partial charge on any atom is 0.207 e. The lowest BCUT2D eigenvalue weighted by molar-refractivity contribution is 0.596. The van der Waals surface area contributed by atoms with Crippen molar-refractivity contribution in [3.05, 3.63) is 95.0 Å². The number of aliphatic imine (C=N–C) groups is 2. The van der Waals surface area contributed by atoms with Gasteiger partial charge in [0.2, 0.25) is 9.84 Å². The van der Waals surface area contributed by atoms with Crippen molar-refractivity contribution in [3.63, 3.8) is 0 Å². The Bertz CT molecular complexity index is 1510. The van der Waals surface area contributed by atoms with E-state index in [1.54, 1.807) is 72.8 Å². The Hall–Kier alpha value is -2.99. The number of benzene rings is 4. The van der Waals surface area contributed by atoms with Crippen molar-refractivity contribution in [2.24, 2.45) is 9.98 Å². The molecule has 0 radical (unpaired) electrons. The molecule has 0 fully saturated rings. The maximum atomic E-state index is 14.1. The van der Waals surface area contributed by atoms with Crippen molar-refractivity contribution in [2.75, 3.05) is 0 Å². The van der Waals surface area contributed by atoms with Crippen LogP contribution < -0.4 is 0 Å². The zero-order valence-corrected chi connectivity index (χ0v) is 21.7. The number of isothiocyanates is 2. The van der Waals surface area contributed by atoms with Crippen LogP contribution in [0.1, 0.15) is 0 Å². The van der Waals surface area contributed by atoms with Crippen LogP contribution in [0, 0.1) is 0 Å². The Morgan fingerprint density at radius 2 is 0.971 bits per heavy atom. The molecular formula is C26H14Cl2N2O2S3. The van der Waals surface area contributed by atoms with Crippen molar-refractivity contribution in [1.82, 2.24) is 0 Å². The van der Waals surface area contributed by atoms with E-state index in [0.29, 0.717) is 43.7 Å². The third-order valence-electron chi connectivity index (χ3n) is 5.17. The zero-order valence-electron chi connectivity index (χ0n) is 17.8. The summed E-state index contributed by atoms with van der Waals surface area (Å²) in [5.41, 5.74) is 3.18. The van der Waals surface area contributed by atoms with Gasteiger partial charge in [-0.05, 0) is 96.2 Å². The lowest BCUT2D eigenvalue weighted by Gasteiger charge is -2.15. The van der Waals surface area contributed by atoms with Crippen molar-refractivity contribution < 1.29 is 8.42 Å². The van der Waals surface area contributed by atoms with Gasteiger partial charge in [0.15, 0.2) is 0 Å². The number of thiocarbonyl (C=S) groups is 2. The van der Waals surface area contributed by atoms with Crippen LogP contribution in [0.25, 0.3) is 22.3 Å². The summed E-state index contributed by atoms with van der Waals surface area (Å²) in [6.07, 6.45) is 0. The van der Waals surface area contributed by atoms with Gasteiger partial charge in [0.05, 0.1) is 31.5 Å². The van der Waals surface area contributed by atoms with Gasteiger partial charge in [-0.25, -0.2) is 8.42 Å². The van der Waals surface area contributed by atoms with E-state index in [9.17, 15) is 8.42 Å². The van der Waals surface area contributed by atoms with E-state index in [1.807, 2.05) is 0 Å². The molecule has 0 saturated heterocycles. The van der Waals surface area contributed by atoms with Crippen molar-refractivity contribution in [2.45, 2.75) is 9.79 Å². The van der Waals surface area contributed by atoms with E-state index >= 15 is 0 Å². The normalized spacial score (nSPS) is 10.8. The smallest absolute Gasteiger partial charge is 0.207 e. The van der Waals surface area contributed by atoms with Crippen molar-refractivity contribution in [3.8, 4) is 22.3 Å². The Morgan fingerprint density at radius 3 is 1.31 bits per heavy atom. The summed E-state index contributed by atoms with van der Waals surface area (Å²) >= 11 is 21.6. The van der Waals surface area contributed by atoms with E-state index in [-0.39, 0.29) is 9.79 Å². The highest BCUT2D eigenvalue weighted by molar-refractivity contribution is 7.91. The number of hydrogen-bond acceptors (Lipinski definition) is 6. The van der Waals surface area contributed by atoms with E-state index < -0.39 is 9.84 Å². The minimum absolute atomic E-state index is 0.101. The topological polar surface area (TPSA) is 58.9 Å². The fraction of sp³-hybridized carbons (Fsp3) is 0. The largest absolute Gasteiger partial charge is 0.218 e. The Morgan fingerprint density at radius 1 is 0.600 bits per heavy atom. The van der Waals surface area contributed by atoms with Crippen LogP contribution in [-0.2, 0) is 9.84 Å². The van der Waals surface area contributed by atoms with E-state index in [2.05, 4.69) is 20.3 Å². The molecule has 9 heteroatoms. The lowest BCUT2D eigenvalue weighted by atomic mass is 10.0. The number of sulfone groups is 1. The standard InChI is InChI=1S/C26H14Cl2N2O2S3/c27-19-5-1-17(2-6-19)23-13-21(29-15-33)9-11-25(23)35(31,32)26-12-10-22(30-16-34)14-24(26)18-3-7-20(28)8-4-18/h1-14H. The molecule has 0 heterocycles. The number of hydrogen-bond donors (Lipinski definition) is 0. The fourth-order valence-electron chi connectivity index (χ4n) is 3.58. The second-order valence-electron chi connectivity index (χ2n) is 7.28. The van der Waals surface area contributed by atoms with Gasteiger partial charge >= 0.3 is 0 Å². The van der Waals surface area contributed by atoms with Gasteiger partial charge in [-0.3, -0.25) is 0 Å². The molecule has 4 aromatic carbocycles. The average Bonchev–Trinajstić information content (AvgIpc) is 2.85. The summed E-state index contributed by atoms with van der Waals surface area (Å²) in [5, 5.41) is 5.70. The van der Waals surface area contributed by atoms with Gasteiger partial charge in [-0.15, -0.1) is 0 Å². The summed E-state index contributed by atoms with van der Waals surface area (Å²) in [4.78, 5) is 8.23. The predicted octanol–water partition coefficient (Wildman–Crippen LogP) is 8.63. The Balaban J connectivity index is 1.99. The van der Waals surface area contributed by atoms with Crippen LogP contribution in [0.3, 0.4) is 0 Å². The quantitative estimate of drug-likeness (QED) is 0.177. The molecule has 0 aliphatic carbocycles. The van der Waals surface area contributed by atoms with E-state index in [1.165, 1.54) is 12.1 Å². The molecule has 4 nitrogen and oxygen atoms in total. The summed E-state index contributed by atoms with van der Waals surface area (Å²) in [5.74, 6) is 0. The molecule has 0 atom stereocenters. The monoisotopic (exact) mass is 552 g/mol. The highest BCUT2D eigenvalue weighted by Gasteiger charge is 2.26. The molecule has 4 aromatic rings. The molecule has 0 unspecified atom stereocenters. The summed E-state index contributed by atoms with van der Waals surface area (Å²) in [7, 11) is -4.02. The lowest BCUT2D eigenvalue weighted by Crippen LogP contribution is -2.06. The van der Waals surface area contributed by atoms with Crippen LogP contribution in [0.4, 0.5) is 11.4 Å². The highest BCUT2D eigenvalue weighted by Crippen LogP contribution is 2.39. The molecular weight excluding hydrogens is 539 g/mol. The number of rotatable bonds is 6. The highest BCUT2D eigenvalue weighted by atomic mass is 35.5. The summed E-state index contributed by atoms with van der Waals surface area (Å²) < 4.78 is 28.2. The van der Waals surface area contributed by atoms with E-state index in [0.717, 1.165) is 0 Å². The number of halogens is 2. The minimum atomic E-state index is -4.02. The van der Waals surface area contributed by atoms with E-state index in [4.69, 9.17) is 47.6 Å². The van der Waals surface area contributed by atoms with Gasteiger partial charge in [0, 0.05) is 21.2 Å². The molecule has 35 heavy (non-hydrogen) atoms. The third-order valence-corrected chi connectivity index (χ3v) is 7.72. The first-order chi connectivity index (χ1) is 16.8. The molecule has 172 valence electrons. The molecule has 0 bridgehead atoms. The van der Waals surface area contributed by atoms with Gasteiger partial charge in [0.1, 0.15) is 0 Å². The molecule has 0 N–H and O–H groups in total. The summed E-state index contributed by atoms with van der Waals surface area (Å²) in [6, 6.07) is 23.3.